The summed E-state index contributed by atoms with van der Waals surface area (Å²) < 4.78 is 0. The maximum absolute atomic E-state index is 10.8. The quantitative estimate of drug-likeness (QED) is 0.590. The molecule has 0 unspecified atom stereocenters. The molecule has 0 atom stereocenters. The first-order chi connectivity index (χ1) is 4.63. The number of anilines is 1. The summed E-state index contributed by atoms with van der Waals surface area (Å²) >= 11 is 5.59. The van der Waals surface area contributed by atoms with Crippen LogP contribution >= 0.6 is 11.6 Å². The van der Waals surface area contributed by atoms with E-state index in [1.54, 1.807) is 6.92 Å². The molecule has 10 heavy (non-hydrogen) atoms. The van der Waals surface area contributed by atoms with Crippen molar-refractivity contribution in [2.45, 2.75) is 6.92 Å². The fourth-order valence-electron chi connectivity index (χ4n) is 0.616. The van der Waals surface area contributed by atoms with Crippen LogP contribution in [0.4, 0.5) is 5.69 Å². The zero-order valence-electron chi connectivity index (χ0n) is 5.44. The second-order valence-electron chi connectivity index (χ2n) is 2.00. The smallest absolute Gasteiger partial charge is 0.253 e. The summed E-state index contributed by atoms with van der Waals surface area (Å²) in [5.41, 5.74) is 6.06. The molecule has 0 aliphatic carbocycles. The molecule has 0 bridgehead atoms. The van der Waals surface area contributed by atoms with Gasteiger partial charge in [0, 0.05) is 11.8 Å². The number of H-pyrrole nitrogens is 1. The van der Waals surface area contributed by atoms with Crippen molar-refractivity contribution in [3.8, 4) is 0 Å². The van der Waals surface area contributed by atoms with Gasteiger partial charge in [-0.2, -0.15) is 0 Å². The van der Waals surface area contributed by atoms with Gasteiger partial charge in [-0.1, -0.05) is 11.6 Å². The van der Waals surface area contributed by atoms with E-state index in [-0.39, 0.29) is 5.56 Å². The van der Waals surface area contributed by atoms with Gasteiger partial charge in [0.15, 0.2) is 0 Å². The van der Waals surface area contributed by atoms with Crippen molar-refractivity contribution in [2.24, 2.45) is 0 Å². The SMILES string of the molecule is Cc1c(N)c(Cl)c[nH]c1=O. The van der Waals surface area contributed by atoms with Gasteiger partial charge >= 0.3 is 0 Å². The Hall–Kier alpha value is -0.960. The van der Waals surface area contributed by atoms with Gasteiger partial charge in [0.2, 0.25) is 0 Å². The fourth-order valence-corrected chi connectivity index (χ4v) is 0.813. The largest absolute Gasteiger partial charge is 0.397 e. The molecule has 0 saturated carbocycles. The third-order valence-corrected chi connectivity index (χ3v) is 1.64. The number of hydrogen-bond acceptors (Lipinski definition) is 2. The van der Waals surface area contributed by atoms with Crippen LogP contribution in [0.3, 0.4) is 0 Å². The minimum Gasteiger partial charge on any atom is -0.397 e. The van der Waals surface area contributed by atoms with Gasteiger partial charge in [-0.3, -0.25) is 4.79 Å². The summed E-state index contributed by atoms with van der Waals surface area (Å²) in [6.07, 6.45) is 1.38. The molecule has 0 aliphatic heterocycles. The zero-order chi connectivity index (χ0) is 7.72. The number of pyridine rings is 1. The van der Waals surface area contributed by atoms with Crippen LogP contribution in [0.1, 0.15) is 5.56 Å². The summed E-state index contributed by atoms with van der Waals surface area (Å²) in [5, 5.41) is 0.386. The van der Waals surface area contributed by atoms with Crippen LogP contribution in [0.2, 0.25) is 5.02 Å². The second kappa shape index (κ2) is 2.34. The molecule has 0 fully saturated rings. The Morgan fingerprint density at radius 2 is 2.30 bits per heavy atom. The molecule has 54 valence electrons. The Kier molecular flexibility index (Phi) is 1.68. The standard InChI is InChI=1S/C6H7ClN2O/c1-3-5(8)4(7)2-9-6(3)10/h2H,1H3,(H3,8,9,10). The lowest BCUT2D eigenvalue weighted by Crippen LogP contribution is -2.11. The first-order valence-electron chi connectivity index (χ1n) is 2.76. The van der Waals surface area contributed by atoms with Gasteiger partial charge in [0.25, 0.3) is 5.56 Å². The van der Waals surface area contributed by atoms with Crippen LogP contribution in [0.5, 0.6) is 0 Å². The maximum atomic E-state index is 10.8. The third kappa shape index (κ3) is 0.998. The van der Waals surface area contributed by atoms with Crippen LogP contribution < -0.4 is 11.3 Å². The molecule has 0 radical (unpaired) electrons. The maximum Gasteiger partial charge on any atom is 0.253 e. The molecule has 0 aromatic carbocycles. The van der Waals surface area contributed by atoms with Crippen molar-refractivity contribution < 1.29 is 0 Å². The number of aromatic nitrogens is 1. The fraction of sp³-hybridized carbons (Fsp3) is 0.167. The number of nitrogens with one attached hydrogen (secondary N) is 1. The molecule has 0 amide bonds. The second-order valence-corrected chi connectivity index (χ2v) is 2.41. The van der Waals surface area contributed by atoms with Crippen molar-refractivity contribution in [2.75, 3.05) is 5.73 Å². The third-order valence-electron chi connectivity index (χ3n) is 1.33. The molecule has 3 N–H and O–H groups in total. The summed E-state index contributed by atoms with van der Waals surface area (Å²) in [6, 6.07) is 0. The first-order valence-corrected chi connectivity index (χ1v) is 3.14. The summed E-state index contributed by atoms with van der Waals surface area (Å²) in [6.45, 7) is 1.63. The van der Waals surface area contributed by atoms with Crippen molar-refractivity contribution in [1.82, 2.24) is 4.98 Å². The van der Waals surface area contributed by atoms with Crippen LogP contribution in [0, 0.1) is 6.92 Å². The van der Waals surface area contributed by atoms with Crippen molar-refractivity contribution in [3.05, 3.63) is 27.1 Å². The molecule has 0 aliphatic rings. The Morgan fingerprint density at radius 1 is 1.70 bits per heavy atom. The highest BCUT2D eigenvalue weighted by atomic mass is 35.5. The first kappa shape index (κ1) is 7.15. The van der Waals surface area contributed by atoms with E-state index < -0.39 is 0 Å². The summed E-state index contributed by atoms with van der Waals surface area (Å²) in [7, 11) is 0. The molecule has 1 heterocycles. The Balaban J connectivity index is 3.49. The minimum atomic E-state index is -0.193. The van der Waals surface area contributed by atoms with Crippen LogP contribution in [-0.2, 0) is 0 Å². The summed E-state index contributed by atoms with van der Waals surface area (Å²) in [4.78, 5) is 13.2. The highest BCUT2D eigenvalue weighted by Gasteiger charge is 2.01. The van der Waals surface area contributed by atoms with Gasteiger partial charge < -0.3 is 10.7 Å². The molecule has 3 nitrogen and oxygen atoms in total. The number of rotatable bonds is 0. The number of hydrogen-bond donors (Lipinski definition) is 2. The number of nitrogens with two attached hydrogens (primary N) is 1. The number of halogens is 1. The number of nitrogen functional groups attached to an aromatic ring is 1. The topological polar surface area (TPSA) is 58.9 Å². The molecule has 4 heteroatoms. The Morgan fingerprint density at radius 3 is 2.80 bits per heavy atom. The Labute approximate surface area is 62.8 Å². The van der Waals surface area contributed by atoms with Gasteiger partial charge in [0.1, 0.15) is 0 Å². The average molecular weight is 159 g/mol. The lowest BCUT2D eigenvalue weighted by Gasteiger charge is -1.98. The van der Waals surface area contributed by atoms with Crippen molar-refractivity contribution in [3.63, 3.8) is 0 Å². The monoisotopic (exact) mass is 158 g/mol. The molecule has 1 aromatic rings. The van der Waals surface area contributed by atoms with E-state index in [0.717, 1.165) is 0 Å². The van der Waals surface area contributed by atoms with Gasteiger partial charge in [0.05, 0.1) is 10.7 Å². The predicted octanol–water partition coefficient (Wildman–Crippen LogP) is 0.919. The normalized spacial score (nSPS) is 9.80. The van der Waals surface area contributed by atoms with Crippen molar-refractivity contribution >= 4 is 17.3 Å². The zero-order valence-corrected chi connectivity index (χ0v) is 6.20. The number of aromatic amines is 1. The van der Waals surface area contributed by atoms with Gasteiger partial charge in [-0.25, -0.2) is 0 Å². The molecule has 0 spiro atoms. The van der Waals surface area contributed by atoms with E-state index in [9.17, 15) is 4.79 Å². The lowest BCUT2D eigenvalue weighted by atomic mass is 10.3. The summed E-state index contributed by atoms with van der Waals surface area (Å²) in [5.74, 6) is 0. The highest BCUT2D eigenvalue weighted by Crippen LogP contribution is 2.16. The van der Waals surface area contributed by atoms with E-state index in [2.05, 4.69) is 4.98 Å². The highest BCUT2D eigenvalue weighted by molar-refractivity contribution is 6.33. The molecule has 1 aromatic heterocycles. The Bertz CT molecular complexity index is 305. The molecule has 1 rings (SSSR count). The van der Waals surface area contributed by atoms with Crippen LogP contribution in [0.15, 0.2) is 11.0 Å². The van der Waals surface area contributed by atoms with Crippen LogP contribution in [0.25, 0.3) is 0 Å². The molecule has 0 saturated heterocycles. The van der Waals surface area contributed by atoms with Gasteiger partial charge in [-0.15, -0.1) is 0 Å². The van der Waals surface area contributed by atoms with E-state index in [1.807, 2.05) is 0 Å². The van der Waals surface area contributed by atoms with Crippen molar-refractivity contribution in [1.29, 1.82) is 0 Å². The average Bonchev–Trinajstić information content (AvgIpc) is 1.93. The van der Waals surface area contributed by atoms with E-state index in [0.29, 0.717) is 16.3 Å². The van der Waals surface area contributed by atoms with E-state index >= 15 is 0 Å². The molecular weight excluding hydrogens is 152 g/mol. The van der Waals surface area contributed by atoms with Gasteiger partial charge in [-0.05, 0) is 6.92 Å². The van der Waals surface area contributed by atoms with E-state index in [1.165, 1.54) is 6.20 Å². The van der Waals surface area contributed by atoms with E-state index in [4.69, 9.17) is 17.3 Å². The van der Waals surface area contributed by atoms with Crippen LogP contribution in [-0.4, -0.2) is 4.98 Å². The predicted molar refractivity (Wildman–Crippen MR) is 41.2 cm³/mol. The molecular formula is C6H7ClN2O. The lowest BCUT2D eigenvalue weighted by molar-refractivity contribution is 1.19. The minimum absolute atomic E-state index is 0.193.